The molecule has 188 valence electrons. The van der Waals surface area contributed by atoms with Gasteiger partial charge in [-0.2, -0.15) is 0 Å². The Morgan fingerprint density at radius 3 is 2.45 bits per heavy atom. The van der Waals surface area contributed by atoms with Gasteiger partial charge in [0.05, 0.1) is 18.1 Å². The Morgan fingerprint density at radius 2 is 1.76 bits per heavy atom. The molecule has 1 aliphatic heterocycles. The van der Waals surface area contributed by atoms with E-state index in [0.717, 1.165) is 57.8 Å². The first kappa shape index (κ1) is 24.1. The van der Waals surface area contributed by atoms with Crippen molar-refractivity contribution in [3.8, 4) is 0 Å². The number of carbonyl (C=O) groups excluding carboxylic acids is 1. The van der Waals surface area contributed by atoms with Crippen molar-refractivity contribution in [2.75, 3.05) is 0 Å². The molecule has 0 radical (unpaired) electrons. The molecule has 0 aromatic heterocycles. The van der Waals surface area contributed by atoms with E-state index in [0.29, 0.717) is 23.7 Å². The number of esters is 1. The van der Waals surface area contributed by atoms with Gasteiger partial charge in [-0.25, -0.2) is 0 Å². The second-order valence-electron chi connectivity index (χ2n) is 14.0. The molecule has 4 saturated carbocycles. The third-order valence-electron chi connectivity index (χ3n) is 12.3. The average Bonchev–Trinajstić information content (AvgIpc) is 3.17. The van der Waals surface area contributed by atoms with Crippen LogP contribution in [0.25, 0.3) is 0 Å². The maximum atomic E-state index is 12.9. The Morgan fingerprint density at radius 1 is 1.03 bits per heavy atom. The molecule has 4 nitrogen and oxygen atoms in total. The molecular weight excluding hydrogens is 412 g/mol. The topological polar surface area (TPSA) is 66.8 Å². The van der Waals surface area contributed by atoms with E-state index >= 15 is 0 Å². The highest BCUT2D eigenvalue weighted by molar-refractivity contribution is 5.75. The van der Waals surface area contributed by atoms with E-state index in [-0.39, 0.29) is 58.3 Å². The molecule has 5 aliphatic rings. The lowest BCUT2D eigenvalue weighted by molar-refractivity contribution is -0.240. The fraction of sp³-hybridized carbons (Fsp3) is 0.966. The van der Waals surface area contributed by atoms with Crippen molar-refractivity contribution < 1.29 is 19.7 Å². The smallest absolute Gasteiger partial charge is 0.309 e. The van der Waals surface area contributed by atoms with Crippen LogP contribution in [-0.4, -0.2) is 34.5 Å². The highest BCUT2D eigenvalue weighted by Crippen LogP contribution is 2.75. The summed E-state index contributed by atoms with van der Waals surface area (Å²) < 4.78 is 6.08. The molecule has 33 heavy (non-hydrogen) atoms. The summed E-state index contributed by atoms with van der Waals surface area (Å²) in [4.78, 5) is 12.9. The maximum Gasteiger partial charge on any atom is 0.309 e. The molecule has 1 saturated heterocycles. The van der Waals surface area contributed by atoms with Crippen molar-refractivity contribution in [2.45, 2.75) is 118 Å². The monoisotopic (exact) mass is 460 g/mol. The number of ether oxygens (including phenoxy) is 1. The van der Waals surface area contributed by atoms with Crippen molar-refractivity contribution in [1.29, 1.82) is 0 Å². The van der Waals surface area contributed by atoms with Gasteiger partial charge in [-0.1, -0.05) is 54.4 Å². The zero-order valence-corrected chi connectivity index (χ0v) is 21.8. The molecule has 5 fully saturated rings. The molecule has 5 rings (SSSR count). The third kappa shape index (κ3) is 3.25. The predicted molar refractivity (Wildman–Crippen MR) is 129 cm³/mol. The molecule has 2 N–H and O–H groups in total. The summed E-state index contributed by atoms with van der Waals surface area (Å²) in [6, 6.07) is 0. The quantitative estimate of drug-likeness (QED) is 0.537. The van der Waals surface area contributed by atoms with Gasteiger partial charge in [0.1, 0.15) is 6.10 Å². The van der Waals surface area contributed by atoms with Crippen LogP contribution in [-0.2, 0) is 9.53 Å². The molecule has 12 atom stereocenters. The van der Waals surface area contributed by atoms with E-state index < -0.39 is 0 Å². The van der Waals surface area contributed by atoms with E-state index in [1.165, 1.54) is 0 Å². The first-order valence-electron chi connectivity index (χ1n) is 14.0. The highest BCUT2D eigenvalue weighted by Gasteiger charge is 2.73. The van der Waals surface area contributed by atoms with Gasteiger partial charge in [-0.3, -0.25) is 4.79 Å². The second kappa shape index (κ2) is 7.95. The van der Waals surface area contributed by atoms with Crippen molar-refractivity contribution in [2.24, 2.45) is 57.7 Å². The minimum absolute atomic E-state index is 0.0182. The number of rotatable bonds is 4. The zero-order chi connectivity index (χ0) is 23.9. The molecule has 1 heterocycles. The van der Waals surface area contributed by atoms with E-state index in [1.54, 1.807) is 0 Å². The van der Waals surface area contributed by atoms with E-state index in [9.17, 15) is 15.0 Å². The fourth-order valence-corrected chi connectivity index (χ4v) is 10.6. The van der Waals surface area contributed by atoms with Gasteiger partial charge in [0, 0.05) is 5.92 Å². The van der Waals surface area contributed by atoms with Gasteiger partial charge in [-0.05, 0) is 90.8 Å². The van der Waals surface area contributed by atoms with Crippen LogP contribution in [0.3, 0.4) is 0 Å². The molecule has 0 unspecified atom stereocenters. The lowest BCUT2D eigenvalue weighted by Crippen LogP contribution is -2.66. The van der Waals surface area contributed by atoms with Crippen molar-refractivity contribution in [3.63, 3.8) is 0 Å². The molecule has 0 aromatic carbocycles. The van der Waals surface area contributed by atoms with Gasteiger partial charge in [0.25, 0.3) is 0 Å². The molecule has 0 spiro atoms. The largest absolute Gasteiger partial charge is 0.462 e. The summed E-state index contributed by atoms with van der Waals surface area (Å²) in [5.74, 6) is 2.40. The van der Waals surface area contributed by atoms with Crippen molar-refractivity contribution in [1.82, 2.24) is 0 Å². The highest BCUT2D eigenvalue weighted by atomic mass is 16.6. The van der Waals surface area contributed by atoms with Crippen molar-refractivity contribution >= 4 is 5.97 Å². The van der Waals surface area contributed by atoms with Crippen LogP contribution < -0.4 is 0 Å². The van der Waals surface area contributed by atoms with Crippen LogP contribution in [0.1, 0.15) is 99.3 Å². The molecule has 4 heteroatoms. The summed E-state index contributed by atoms with van der Waals surface area (Å²) in [5, 5.41) is 22.4. The number of hydrogen-bond acceptors (Lipinski definition) is 4. The Bertz CT molecular complexity index is 780. The van der Waals surface area contributed by atoms with E-state index in [2.05, 4.69) is 41.5 Å². The molecular formula is C29H48O4. The maximum absolute atomic E-state index is 12.9. The van der Waals surface area contributed by atoms with Crippen LogP contribution >= 0.6 is 0 Å². The summed E-state index contributed by atoms with van der Waals surface area (Å²) in [7, 11) is 0. The normalized spacial score (nSPS) is 55.5. The first-order valence-corrected chi connectivity index (χ1v) is 14.0. The van der Waals surface area contributed by atoms with Crippen LogP contribution in [0.2, 0.25) is 0 Å². The fourth-order valence-electron chi connectivity index (χ4n) is 10.6. The lowest BCUT2D eigenvalue weighted by Gasteiger charge is -2.69. The average molecular weight is 461 g/mol. The van der Waals surface area contributed by atoms with Crippen LogP contribution in [0.5, 0.6) is 0 Å². The number of fused-ring (bicyclic) bond motifs is 7. The molecule has 0 amide bonds. The minimum atomic E-state index is -0.325. The van der Waals surface area contributed by atoms with Crippen LogP contribution in [0.4, 0.5) is 0 Å². The Hall–Kier alpha value is -0.610. The molecule has 4 aliphatic carbocycles. The van der Waals surface area contributed by atoms with E-state index in [4.69, 9.17) is 4.74 Å². The third-order valence-corrected chi connectivity index (χ3v) is 12.3. The van der Waals surface area contributed by atoms with Gasteiger partial charge in [0.15, 0.2) is 0 Å². The summed E-state index contributed by atoms with van der Waals surface area (Å²) in [6.07, 6.45) is 8.61. The molecule has 0 bridgehead atoms. The summed E-state index contributed by atoms with van der Waals surface area (Å²) in [6.45, 7) is 14.1. The number of carbonyl (C=O) groups is 1. The zero-order valence-electron chi connectivity index (χ0n) is 21.8. The summed E-state index contributed by atoms with van der Waals surface area (Å²) >= 11 is 0. The van der Waals surface area contributed by atoms with Gasteiger partial charge < -0.3 is 14.9 Å². The predicted octanol–water partition coefficient (Wildman–Crippen LogP) is 5.59. The standard InChI is InChI=1S/C29H48O4/c1-16(2)8-7-9-18-24-20-14-22(31)25-27(4)12-11-21(30)17(3)19(27)10-13-28(25,5)29(20,6)15-23(24)33-26(18)32/h16-25,30-31H,7-15H2,1-6H3/t17-,18-,19-,20-,21+,22+,23-,24-,25-,27-,28-,29-/m0/s1. The lowest BCUT2D eigenvalue weighted by atomic mass is 9.36. The second-order valence-corrected chi connectivity index (χ2v) is 14.0. The summed E-state index contributed by atoms with van der Waals surface area (Å²) in [5.41, 5.74) is 0.211. The Labute approximate surface area is 201 Å². The number of aliphatic hydroxyl groups excluding tert-OH is 2. The Kier molecular flexibility index (Phi) is 5.81. The van der Waals surface area contributed by atoms with Gasteiger partial charge >= 0.3 is 5.97 Å². The van der Waals surface area contributed by atoms with Gasteiger partial charge in [0.2, 0.25) is 0 Å². The van der Waals surface area contributed by atoms with E-state index in [1.807, 2.05) is 0 Å². The van der Waals surface area contributed by atoms with Crippen LogP contribution in [0.15, 0.2) is 0 Å². The number of hydrogen-bond donors (Lipinski definition) is 2. The van der Waals surface area contributed by atoms with Crippen LogP contribution in [0, 0.1) is 57.7 Å². The van der Waals surface area contributed by atoms with Gasteiger partial charge in [-0.15, -0.1) is 0 Å². The Balaban J connectivity index is 1.46. The van der Waals surface area contributed by atoms with Crippen molar-refractivity contribution in [3.05, 3.63) is 0 Å². The molecule has 0 aromatic rings. The first-order chi connectivity index (χ1) is 15.4. The number of aliphatic hydroxyl groups is 2. The minimum Gasteiger partial charge on any atom is -0.462 e. The SMILES string of the molecule is CC(C)CCC[C@@H]1C(=O)O[C@H]2C[C@@]3(C)[C@@H](C[C@@H](O)[C@H]4[C@@]5(C)CC[C@@H](O)[C@@H](C)[C@@H]5CC[C@@]43C)[C@@H]21.